The fourth-order valence-corrected chi connectivity index (χ4v) is 19.3. The van der Waals surface area contributed by atoms with E-state index >= 15 is 0 Å². The van der Waals surface area contributed by atoms with Gasteiger partial charge in [-0.2, -0.15) is 29.8 Å². The highest BCUT2D eigenvalue weighted by Crippen LogP contribution is 2.33. The van der Waals surface area contributed by atoms with Crippen LogP contribution in [0.1, 0.15) is 176 Å². The molecule has 9 fully saturated rings. The molecule has 13 rings (SSSR count). The number of aryl methyl sites for hydroxylation is 4. The first kappa shape index (κ1) is 104. The first-order valence-electron chi connectivity index (χ1n) is 44.8. The number of likely N-dealkylation sites (tertiary alicyclic amines) is 5. The molecule has 0 radical (unpaired) electrons. The fraction of sp³-hybridized carbons (Fsp3) is 0.620. The standard InChI is InChI=1S/C25H37N5O5S.C24H35N3O4.C19H26ClN3O4S.C10H17NO4.C8H11N.C6H12N2O/c1-18-8-10-19(11-9-18)14-26-23(31)22-7-5-13-30(22)25(33)20-6-4-12-28(15-20)36(34,35)29-16-21(17-29)24(32)27(2)3;1-17-9-11-18(12-10-17)15-25-21(28)20-8-6-14-27(20)22(29)19-7-5-13-26(16-19)23(30)31-24(2,3)4;1-14-6-8-15(9-7-14)12-21-18(24)17-5-3-11-23(17)19(25)16-4-2-10-22(13-16)28(20,26)27;1-10(2,3)15-9(14)11-6-4-5-7(11)8(12)13;1-7-2-4-8(6-9)5-3-7;1-8(2)6(9)5-3-7-4-5/h8-11,20-22H,4-7,12-17H2,1-3H3,(H,26,31);9-12,19-20H,5-8,13-16H2,1-4H3,(H,25,28);6-9,16-17H,2-5,10-13H2,1H3,(H,21,24);7H,4-6H2,1-3H3,(H,12,13);2-5H,6,9H2,1H3;5,7H,3-4H2,1-2H3/t20-,22+;19-,20+;16-,17+;7-;;/m0001../s1. The summed E-state index contributed by atoms with van der Waals surface area (Å²) in [4.78, 5) is 147. The SMILES string of the molecule is CC(C)(C)OC(=O)N1CCC[C@@H]1C(=O)O.CN(C)C(=O)C1CNC1.Cc1ccc(CN)cc1.Cc1ccc(CNC(=O)[C@H]2CCCN2C(=O)[C@H]2CCCN(C(=O)OC(C)(C)C)C2)cc1.Cc1ccc(CNC(=O)[C@H]2CCCN2C(=O)[C@H]2CCCN(S(=O)(=O)Cl)C2)cc1.Cc1ccc(CNC(=O)[C@H]2CCCN2C(=O)[C@H]2CCCN(S(=O)(=O)N3CC(C(=O)N(C)C)C3)C2)cc1. The second-order valence-electron chi connectivity index (χ2n) is 37.0. The van der Waals surface area contributed by atoms with Gasteiger partial charge in [-0.15, -0.1) is 0 Å². The summed E-state index contributed by atoms with van der Waals surface area (Å²) in [5, 5.41) is 20.8. The zero-order chi connectivity index (χ0) is 94.1. The molecule has 9 aliphatic rings. The van der Waals surface area contributed by atoms with E-state index in [1.54, 1.807) is 73.5 Å². The maximum absolute atomic E-state index is 13.4. The van der Waals surface area contributed by atoms with Crippen molar-refractivity contribution in [3.8, 4) is 0 Å². The minimum Gasteiger partial charge on any atom is -0.480 e. The van der Waals surface area contributed by atoms with Crippen LogP contribution in [-0.2, 0) is 98.2 Å². The van der Waals surface area contributed by atoms with E-state index < -0.39 is 78.7 Å². The van der Waals surface area contributed by atoms with Crippen LogP contribution in [0, 0.1) is 57.3 Å². The number of nitrogens with zero attached hydrogens (tertiary/aromatic N) is 10. The van der Waals surface area contributed by atoms with E-state index in [1.807, 2.05) is 114 Å². The Kier molecular flexibility index (Phi) is 39.0. The first-order chi connectivity index (χ1) is 60.3. The molecular formula is C92H138ClN15O18S2. The number of benzene rings is 4. The van der Waals surface area contributed by atoms with Gasteiger partial charge in [0.15, 0.2) is 0 Å². The van der Waals surface area contributed by atoms with Crippen LogP contribution in [0.5, 0.6) is 0 Å². The molecule has 0 aliphatic carbocycles. The summed E-state index contributed by atoms with van der Waals surface area (Å²) in [6.07, 6.45) is 8.40. The van der Waals surface area contributed by atoms with Crippen LogP contribution in [0.2, 0.25) is 0 Å². The normalized spacial score (nSPS) is 21.6. The van der Waals surface area contributed by atoms with Gasteiger partial charge in [0.05, 0.1) is 29.6 Å². The smallest absolute Gasteiger partial charge is 0.411 e. The number of nitrogens with one attached hydrogen (secondary N) is 4. The zero-order valence-electron chi connectivity index (χ0n) is 77.2. The van der Waals surface area contributed by atoms with Gasteiger partial charge in [0, 0.05) is 157 Å². The molecule has 4 aromatic rings. The molecule has 10 amide bonds. The molecule has 7 N–H and O–H groups in total. The Bertz CT molecular complexity index is 4640. The highest BCUT2D eigenvalue weighted by molar-refractivity contribution is 8.11. The number of aliphatic carboxylic acids is 1. The van der Waals surface area contributed by atoms with E-state index in [-0.39, 0.29) is 97.3 Å². The molecule has 9 saturated heterocycles. The third kappa shape index (κ3) is 31.2. The number of rotatable bonds is 19. The summed E-state index contributed by atoms with van der Waals surface area (Å²) in [5.41, 5.74) is 13.3. The summed E-state index contributed by atoms with van der Waals surface area (Å²) in [6, 6.07) is 30.0. The first-order valence-corrected chi connectivity index (χ1v) is 48.4. The van der Waals surface area contributed by atoms with E-state index in [4.69, 9.17) is 31.0 Å². The van der Waals surface area contributed by atoms with Crippen molar-refractivity contribution in [2.45, 2.75) is 221 Å². The van der Waals surface area contributed by atoms with Crippen molar-refractivity contribution in [3.05, 3.63) is 142 Å². The van der Waals surface area contributed by atoms with E-state index in [9.17, 15) is 69.6 Å². The summed E-state index contributed by atoms with van der Waals surface area (Å²) < 4.78 is 63.9. The predicted octanol–water partition coefficient (Wildman–Crippen LogP) is 7.84. The molecule has 0 saturated carbocycles. The third-order valence-electron chi connectivity index (χ3n) is 23.9. The summed E-state index contributed by atoms with van der Waals surface area (Å²) in [5.74, 6) is -2.83. The second kappa shape index (κ2) is 48.0. The number of carboxylic acid groups (broad SMARTS) is 1. The van der Waals surface area contributed by atoms with E-state index in [1.165, 1.54) is 35.1 Å². The van der Waals surface area contributed by atoms with Crippen molar-refractivity contribution in [3.63, 3.8) is 0 Å². The molecule has 36 heteroatoms. The molecule has 9 aliphatic heterocycles. The maximum atomic E-state index is 13.4. The Labute approximate surface area is 761 Å². The average Bonchev–Trinajstić information content (AvgIpc) is 0.933. The quantitative estimate of drug-likeness (QED) is 0.0486. The van der Waals surface area contributed by atoms with Crippen molar-refractivity contribution in [2.75, 3.05) is 120 Å². The van der Waals surface area contributed by atoms with Gasteiger partial charge in [-0.3, -0.25) is 43.3 Å². The molecule has 708 valence electrons. The van der Waals surface area contributed by atoms with Gasteiger partial charge in [0.25, 0.3) is 19.4 Å². The van der Waals surface area contributed by atoms with Gasteiger partial charge >= 0.3 is 18.2 Å². The van der Waals surface area contributed by atoms with Crippen LogP contribution < -0.4 is 27.0 Å². The van der Waals surface area contributed by atoms with Gasteiger partial charge in [-0.1, -0.05) is 119 Å². The van der Waals surface area contributed by atoms with Crippen LogP contribution in [-0.4, -0.2) is 290 Å². The highest BCUT2D eigenvalue weighted by atomic mass is 35.7. The lowest BCUT2D eigenvalue weighted by atomic mass is 9.96. The number of carbonyl (C=O) groups excluding carboxylic acids is 10. The molecule has 4 aromatic carbocycles. The van der Waals surface area contributed by atoms with Crippen LogP contribution >= 0.6 is 10.7 Å². The van der Waals surface area contributed by atoms with Crippen molar-refractivity contribution in [1.82, 2.24) is 68.5 Å². The van der Waals surface area contributed by atoms with Crippen LogP contribution in [0.3, 0.4) is 0 Å². The van der Waals surface area contributed by atoms with Gasteiger partial charge in [0.2, 0.25) is 47.3 Å². The largest absolute Gasteiger partial charge is 0.480 e. The Balaban J connectivity index is 0.000000202. The Morgan fingerprint density at radius 2 is 0.727 bits per heavy atom. The van der Waals surface area contributed by atoms with Gasteiger partial charge in [-0.05, 0) is 181 Å². The Morgan fingerprint density at radius 3 is 1.06 bits per heavy atom. The van der Waals surface area contributed by atoms with Crippen molar-refractivity contribution in [2.24, 2.45) is 35.3 Å². The molecule has 33 nitrogen and oxygen atoms in total. The van der Waals surface area contributed by atoms with E-state index in [0.29, 0.717) is 130 Å². The summed E-state index contributed by atoms with van der Waals surface area (Å²) in [7, 11) is 4.78. The number of carbonyl (C=O) groups is 11. The fourth-order valence-electron chi connectivity index (χ4n) is 16.4. The number of halogens is 1. The maximum Gasteiger partial charge on any atom is 0.411 e. The van der Waals surface area contributed by atoms with Crippen LogP contribution in [0.25, 0.3) is 0 Å². The molecular weight excluding hydrogens is 1700 g/mol. The van der Waals surface area contributed by atoms with Crippen molar-refractivity contribution < 1.29 is 84.2 Å². The number of piperidine rings is 3. The molecule has 0 spiro atoms. The highest BCUT2D eigenvalue weighted by Gasteiger charge is 2.48. The molecule has 7 atom stereocenters. The minimum atomic E-state index is -3.83. The van der Waals surface area contributed by atoms with Crippen molar-refractivity contribution >= 4 is 95.5 Å². The molecule has 9 heterocycles. The lowest BCUT2D eigenvalue weighted by Crippen LogP contribution is -2.60. The van der Waals surface area contributed by atoms with Crippen LogP contribution in [0.4, 0.5) is 9.59 Å². The van der Waals surface area contributed by atoms with Crippen LogP contribution in [0.15, 0.2) is 97.1 Å². The summed E-state index contributed by atoms with van der Waals surface area (Å²) in [6.45, 7) is 26.8. The molecule has 0 aromatic heterocycles. The number of nitrogens with two attached hydrogens (primary N) is 1. The summed E-state index contributed by atoms with van der Waals surface area (Å²) >= 11 is 0. The third-order valence-corrected chi connectivity index (χ3v) is 27.3. The zero-order valence-corrected chi connectivity index (χ0v) is 79.6. The van der Waals surface area contributed by atoms with E-state index in [2.05, 4.69) is 52.5 Å². The number of hydrogen-bond donors (Lipinski definition) is 6. The number of carboxylic acids is 1. The monoisotopic (exact) mass is 1840 g/mol. The number of hydrogen-bond acceptors (Lipinski definition) is 19. The average molecular weight is 1840 g/mol. The number of ether oxygens (including phenoxy) is 2. The Hall–Kier alpha value is -9.36. The molecule has 0 bridgehead atoms. The minimum absolute atomic E-state index is 0.0266. The number of amides is 10. The lowest BCUT2D eigenvalue weighted by molar-refractivity contribution is -0.143. The topological polar surface area (TPSA) is 401 Å². The van der Waals surface area contributed by atoms with Gasteiger partial charge in [0.1, 0.15) is 35.4 Å². The van der Waals surface area contributed by atoms with Crippen molar-refractivity contribution in [1.29, 1.82) is 0 Å². The second-order valence-corrected chi connectivity index (χ2v) is 41.4. The van der Waals surface area contributed by atoms with E-state index in [0.717, 1.165) is 83.7 Å². The molecule has 128 heavy (non-hydrogen) atoms. The lowest BCUT2D eigenvalue weighted by Gasteiger charge is -2.42. The van der Waals surface area contributed by atoms with Gasteiger partial charge < -0.3 is 71.0 Å². The molecule has 0 unspecified atom stereocenters. The predicted molar refractivity (Wildman–Crippen MR) is 488 cm³/mol. The Morgan fingerprint density at radius 1 is 0.414 bits per heavy atom. The van der Waals surface area contributed by atoms with Gasteiger partial charge in [-0.25, -0.2) is 14.4 Å².